The summed E-state index contributed by atoms with van der Waals surface area (Å²) in [6.07, 6.45) is 3.27. The van der Waals surface area contributed by atoms with Gasteiger partial charge in [0.2, 0.25) is 0 Å². The van der Waals surface area contributed by atoms with E-state index in [1.54, 1.807) is 21.9 Å². The number of fused-ring (bicyclic) bond motifs is 1. The fourth-order valence-corrected chi connectivity index (χ4v) is 7.90. The summed E-state index contributed by atoms with van der Waals surface area (Å²) in [5.41, 5.74) is 2.66. The minimum atomic E-state index is -1.07. The maximum Gasteiger partial charge on any atom is 0.410 e. The fraction of sp³-hybridized carbons (Fsp3) is 0.529. The standard InChI is InChI=1S/C34H42BrN5O7/c35-26-20-22(7-8-29(26)41)21-30(31(42)37-15-10-24(11-16-37)39-14-3-6-28(39)32(43)44)47-34(46)38-17-12-25(13-18-38)40-19-9-23-4-1-2-5-27(23)36-33(40)45/h1-2,4-5,7-8,20,24-25,28,30,41H,3,6,9-19,21H2,(H,36,45)(H,43,44)/t28?,30-/m1/s1. The zero-order chi connectivity index (χ0) is 33.1. The molecule has 252 valence electrons. The van der Waals surface area contributed by atoms with Crippen LogP contribution in [-0.4, -0.2) is 117 Å². The molecule has 12 nitrogen and oxygen atoms in total. The first-order valence-corrected chi connectivity index (χ1v) is 17.3. The minimum Gasteiger partial charge on any atom is -0.507 e. The van der Waals surface area contributed by atoms with E-state index in [2.05, 4.69) is 26.1 Å². The monoisotopic (exact) mass is 711 g/mol. The number of phenolic OH excluding ortho intramolecular Hbond substituents is 1. The lowest BCUT2D eigenvalue weighted by Gasteiger charge is -2.40. The second-order valence-corrected chi connectivity index (χ2v) is 13.8. The molecule has 3 fully saturated rings. The van der Waals surface area contributed by atoms with E-state index in [1.807, 2.05) is 29.2 Å². The molecule has 3 N–H and O–H groups in total. The fourth-order valence-electron chi connectivity index (χ4n) is 7.48. The average molecular weight is 713 g/mol. The molecule has 2 aromatic rings. The lowest BCUT2D eigenvalue weighted by atomic mass is 10.00. The first-order valence-electron chi connectivity index (χ1n) is 16.5. The maximum absolute atomic E-state index is 13.9. The Labute approximate surface area is 282 Å². The van der Waals surface area contributed by atoms with Crippen molar-refractivity contribution < 1.29 is 34.1 Å². The van der Waals surface area contributed by atoms with Gasteiger partial charge in [0.25, 0.3) is 5.91 Å². The highest BCUT2D eigenvalue weighted by atomic mass is 79.9. The van der Waals surface area contributed by atoms with Crippen molar-refractivity contribution in [2.75, 3.05) is 44.6 Å². The zero-order valence-corrected chi connectivity index (χ0v) is 27.9. The van der Waals surface area contributed by atoms with Crippen LogP contribution in [0.1, 0.15) is 49.7 Å². The average Bonchev–Trinajstić information content (AvgIpc) is 3.51. The van der Waals surface area contributed by atoms with E-state index in [9.17, 15) is 29.4 Å². The van der Waals surface area contributed by atoms with Gasteiger partial charge < -0.3 is 35.0 Å². The molecular formula is C34H42BrN5O7. The van der Waals surface area contributed by atoms with Gasteiger partial charge in [-0.3, -0.25) is 14.5 Å². The Morgan fingerprint density at radius 3 is 2.34 bits per heavy atom. The third-order valence-electron chi connectivity index (χ3n) is 10.1. The molecule has 0 spiro atoms. The van der Waals surface area contributed by atoms with Crippen molar-refractivity contribution in [2.24, 2.45) is 0 Å². The van der Waals surface area contributed by atoms with Crippen molar-refractivity contribution in [3.63, 3.8) is 0 Å². The number of piperidine rings is 2. The summed E-state index contributed by atoms with van der Waals surface area (Å²) in [7, 11) is 0. The molecule has 4 aliphatic rings. The van der Waals surface area contributed by atoms with Crippen LogP contribution in [0.15, 0.2) is 46.9 Å². The van der Waals surface area contributed by atoms with Gasteiger partial charge in [-0.1, -0.05) is 24.3 Å². The van der Waals surface area contributed by atoms with Gasteiger partial charge >= 0.3 is 18.1 Å². The summed E-state index contributed by atoms with van der Waals surface area (Å²) in [6.45, 7) is 3.05. The number of rotatable bonds is 7. The summed E-state index contributed by atoms with van der Waals surface area (Å²) in [6, 6.07) is 12.2. The van der Waals surface area contributed by atoms with E-state index in [1.165, 1.54) is 6.07 Å². The number of nitrogens with zero attached hydrogens (tertiary/aromatic N) is 4. The number of anilines is 1. The predicted octanol–water partition coefficient (Wildman–Crippen LogP) is 4.30. The Balaban J connectivity index is 1.08. The number of hydrogen-bond donors (Lipinski definition) is 3. The molecule has 4 heterocycles. The SMILES string of the molecule is O=C(O)C1CCCN1C1CCN(C(=O)[C@@H](Cc2ccc(O)c(Br)c2)OC(=O)N2CCC(N3CCc4ccccc4NC3=O)CC2)CC1. The van der Waals surface area contributed by atoms with E-state index >= 15 is 0 Å². The number of carbonyl (C=O) groups is 4. The number of halogens is 1. The third-order valence-corrected chi connectivity index (χ3v) is 10.7. The number of benzene rings is 2. The summed E-state index contributed by atoms with van der Waals surface area (Å²) in [4.78, 5) is 59.5. The quantitative estimate of drug-likeness (QED) is 0.386. The number of para-hydroxylation sites is 1. The Kier molecular flexibility index (Phi) is 10.2. The van der Waals surface area contributed by atoms with E-state index in [4.69, 9.17) is 4.74 Å². The van der Waals surface area contributed by atoms with Crippen LogP contribution in [0.4, 0.5) is 15.3 Å². The lowest BCUT2D eigenvalue weighted by Crippen LogP contribution is -2.53. The Hall–Kier alpha value is -3.84. The number of phenols is 1. The summed E-state index contributed by atoms with van der Waals surface area (Å²) in [5, 5.41) is 22.6. The van der Waals surface area contributed by atoms with Crippen molar-refractivity contribution in [3.05, 3.63) is 58.1 Å². The zero-order valence-electron chi connectivity index (χ0n) is 26.4. The van der Waals surface area contributed by atoms with Crippen molar-refractivity contribution in [2.45, 2.75) is 75.6 Å². The van der Waals surface area contributed by atoms with Crippen LogP contribution in [-0.2, 0) is 27.2 Å². The Morgan fingerprint density at radius 2 is 1.62 bits per heavy atom. The molecule has 3 saturated heterocycles. The number of aliphatic carboxylic acids is 1. The number of hydrogen-bond acceptors (Lipinski definition) is 7. The van der Waals surface area contributed by atoms with Gasteiger partial charge in [0.15, 0.2) is 6.10 Å². The normalized spacial score (nSPS) is 21.9. The molecule has 47 heavy (non-hydrogen) atoms. The molecule has 0 saturated carbocycles. The van der Waals surface area contributed by atoms with Gasteiger partial charge in [-0.15, -0.1) is 0 Å². The molecule has 0 bridgehead atoms. The molecule has 13 heteroatoms. The number of ether oxygens (including phenoxy) is 1. The van der Waals surface area contributed by atoms with E-state index in [0.717, 1.165) is 36.2 Å². The molecule has 1 unspecified atom stereocenters. The number of urea groups is 1. The van der Waals surface area contributed by atoms with Crippen molar-refractivity contribution in [1.29, 1.82) is 0 Å². The van der Waals surface area contributed by atoms with Gasteiger partial charge in [0, 0.05) is 56.9 Å². The van der Waals surface area contributed by atoms with Gasteiger partial charge in [0.1, 0.15) is 11.8 Å². The topological polar surface area (TPSA) is 143 Å². The van der Waals surface area contributed by atoms with Gasteiger partial charge in [-0.05, 0) is 96.7 Å². The number of likely N-dealkylation sites (tertiary alicyclic amines) is 3. The van der Waals surface area contributed by atoms with Crippen LogP contribution in [0.2, 0.25) is 0 Å². The number of amides is 4. The number of carboxylic acid groups (broad SMARTS) is 1. The molecule has 4 aliphatic heterocycles. The van der Waals surface area contributed by atoms with E-state index in [0.29, 0.717) is 69.3 Å². The third kappa shape index (κ3) is 7.51. The molecular weight excluding hydrogens is 670 g/mol. The molecule has 0 aromatic heterocycles. The van der Waals surface area contributed by atoms with Gasteiger partial charge in [-0.2, -0.15) is 0 Å². The Morgan fingerprint density at radius 1 is 0.915 bits per heavy atom. The summed E-state index contributed by atoms with van der Waals surface area (Å²) in [5.74, 6) is -1.01. The molecule has 4 amide bonds. The first-order chi connectivity index (χ1) is 22.7. The van der Waals surface area contributed by atoms with Crippen molar-refractivity contribution >= 4 is 45.6 Å². The predicted molar refractivity (Wildman–Crippen MR) is 177 cm³/mol. The minimum absolute atomic E-state index is 0.0160. The van der Waals surface area contributed by atoms with Crippen LogP contribution >= 0.6 is 15.9 Å². The van der Waals surface area contributed by atoms with Gasteiger partial charge in [0.05, 0.1) is 4.47 Å². The lowest BCUT2D eigenvalue weighted by molar-refractivity contribution is -0.146. The number of carbonyl (C=O) groups excluding carboxylic acids is 3. The van der Waals surface area contributed by atoms with E-state index < -0.39 is 24.2 Å². The molecule has 2 atom stereocenters. The van der Waals surface area contributed by atoms with Crippen LogP contribution in [0.25, 0.3) is 0 Å². The second kappa shape index (κ2) is 14.5. The molecule has 6 rings (SSSR count). The first kappa shape index (κ1) is 33.1. The highest BCUT2D eigenvalue weighted by Gasteiger charge is 2.39. The number of carboxylic acids is 1. The molecule has 0 aliphatic carbocycles. The van der Waals surface area contributed by atoms with Crippen LogP contribution in [0.5, 0.6) is 5.75 Å². The van der Waals surface area contributed by atoms with Gasteiger partial charge in [-0.25, -0.2) is 9.59 Å². The molecule has 2 aromatic carbocycles. The van der Waals surface area contributed by atoms with Crippen molar-refractivity contribution in [3.8, 4) is 5.75 Å². The maximum atomic E-state index is 13.9. The molecule has 0 radical (unpaired) electrons. The second-order valence-electron chi connectivity index (χ2n) is 12.9. The largest absolute Gasteiger partial charge is 0.507 e. The highest BCUT2D eigenvalue weighted by molar-refractivity contribution is 9.10. The summed E-state index contributed by atoms with van der Waals surface area (Å²) < 4.78 is 6.44. The number of nitrogens with one attached hydrogen (secondary N) is 1. The Bertz CT molecular complexity index is 1490. The van der Waals surface area contributed by atoms with Crippen LogP contribution in [0.3, 0.4) is 0 Å². The van der Waals surface area contributed by atoms with Crippen molar-refractivity contribution in [1.82, 2.24) is 19.6 Å². The van der Waals surface area contributed by atoms with Crippen LogP contribution < -0.4 is 5.32 Å². The van der Waals surface area contributed by atoms with E-state index in [-0.39, 0.29) is 36.2 Å². The smallest absolute Gasteiger partial charge is 0.410 e. The van der Waals surface area contributed by atoms with Crippen LogP contribution in [0, 0.1) is 0 Å². The summed E-state index contributed by atoms with van der Waals surface area (Å²) >= 11 is 3.33. The number of aromatic hydroxyl groups is 1. The highest BCUT2D eigenvalue weighted by Crippen LogP contribution is 2.29.